The van der Waals surface area contributed by atoms with Crippen LogP contribution in [0.15, 0.2) is 42.5 Å². The molecule has 0 spiro atoms. The molecule has 20 heavy (non-hydrogen) atoms. The van der Waals surface area contributed by atoms with Crippen molar-refractivity contribution in [2.45, 2.75) is 0 Å². The third kappa shape index (κ3) is 3.44. The largest absolute Gasteiger partial charge is 0.378 e. The molecule has 0 radical (unpaired) electrons. The van der Waals surface area contributed by atoms with Crippen LogP contribution in [0.2, 0.25) is 10.0 Å². The van der Waals surface area contributed by atoms with Gasteiger partial charge in [0.2, 0.25) is 0 Å². The van der Waals surface area contributed by atoms with E-state index < -0.39 is 0 Å². The zero-order chi connectivity index (χ0) is 14.7. The highest BCUT2D eigenvalue weighted by Gasteiger charge is 2.09. The van der Waals surface area contributed by atoms with E-state index in [1.807, 2.05) is 31.1 Å². The number of benzene rings is 2. The van der Waals surface area contributed by atoms with Gasteiger partial charge in [0.25, 0.3) is 5.91 Å². The number of carbonyl (C=O) groups is 1. The van der Waals surface area contributed by atoms with Gasteiger partial charge in [0.1, 0.15) is 0 Å². The van der Waals surface area contributed by atoms with E-state index in [1.54, 1.807) is 30.3 Å². The molecule has 2 aromatic rings. The highest BCUT2D eigenvalue weighted by molar-refractivity contribution is 6.36. The molecule has 0 atom stereocenters. The second-order valence-electron chi connectivity index (χ2n) is 4.52. The number of nitrogens with one attached hydrogen (secondary N) is 1. The Morgan fingerprint density at radius 1 is 1.05 bits per heavy atom. The summed E-state index contributed by atoms with van der Waals surface area (Å²) in [5, 5.41) is 3.70. The topological polar surface area (TPSA) is 32.3 Å². The smallest absolute Gasteiger partial charge is 0.255 e. The fourth-order valence-corrected chi connectivity index (χ4v) is 2.15. The molecular weight excluding hydrogens is 295 g/mol. The van der Waals surface area contributed by atoms with Crippen molar-refractivity contribution in [2.24, 2.45) is 0 Å². The summed E-state index contributed by atoms with van der Waals surface area (Å²) >= 11 is 11.8. The standard InChI is InChI=1S/C15H14Cl2N2O/c1-19(2)12-6-3-10(4-7-12)15(20)18-14-8-5-11(16)9-13(14)17/h3-9H,1-2H3,(H,18,20). The Kier molecular flexibility index (Phi) is 4.53. The van der Waals surface area contributed by atoms with E-state index in [-0.39, 0.29) is 5.91 Å². The first-order valence-electron chi connectivity index (χ1n) is 6.01. The molecule has 0 saturated carbocycles. The van der Waals surface area contributed by atoms with Crippen molar-refractivity contribution in [1.82, 2.24) is 0 Å². The quantitative estimate of drug-likeness (QED) is 0.916. The summed E-state index contributed by atoms with van der Waals surface area (Å²) in [7, 11) is 3.89. The molecule has 0 aliphatic rings. The Hall–Kier alpha value is -1.71. The van der Waals surface area contributed by atoms with Gasteiger partial charge in [-0.3, -0.25) is 4.79 Å². The summed E-state index contributed by atoms with van der Waals surface area (Å²) in [4.78, 5) is 14.1. The maximum Gasteiger partial charge on any atom is 0.255 e. The van der Waals surface area contributed by atoms with E-state index in [0.29, 0.717) is 21.3 Å². The molecule has 104 valence electrons. The van der Waals surface area contributed by atoms with E-state index in [2.05, 4.69) is 5.32 Å². The first-order chi connectivity index (χ1) is 9.47. The van der Waals surface area contributed by atoms with Crippen LogP contribution in [0.5, 0.6) is 0 Å². The lowest BCUT2D eigenvalue weighted by Gasteiger charge is -2.13. The lowest BCUT2D eigenvalue weighted by Crippen LogP contribution is -2.13. The van der Waals surface area contributed by atoms with Gasteiger partial charge in [-0.15, -0.1) is 0 Å². The predicted molar refractivity (Wildman–Crippen MR) is 85.2 cm³/mol. The van der Waals surface area contributed by atoms with Crippen LogP contribution in [0.3, 0.4) is 0 Å². The number of hydrogen-bond donors (Lipinski definition) is 1. The fourth-order valence-electron chi connectivity index (χ4n) is 1.70. The molecule has 0 bridgehead atoms. The molecule has 0 aliphatic heterocycles. The van der Waals surface area contributed by atoms with Crippen molar-refractivity contribution in [2.75, 3.05) is 24.3 Å². The number of anilines is 2. The summed E-state index contributed by atoms with van der Waals surface area (Å²) in [6.07, 6.45) is 0. The van der Waals surface area contributed by atoms with Crippen molar-refractivity contribution >= 4 is 40.5 Å². The molecule has 0 aliphatic carbocycles. The van der Waals surface area contributed by atoms with Gasteiger partial charge in [0.15, 0.2) is 0 Å². The Morgan fingerprint density at radius 3 is 2.25 bits per heavy atom. The highest BCUT2D eigenvalue weighted by Crippen LogP contribution is 2.26. The molecule has 0 fully saturated rings. The Bertz CT molecular complexity index is 624. The van der Waals surface area contributed by atoms with Crippen LogP contribution in [0.25, 0.3) is 0 Å². The maximum atomic E-state index is 12.1. The lowest BCUT2D eigenvalue weighted by molar-refractivity contribution is 0.102. The summed E-state index contributed by atoms with van der Waals surface area (Å²) in [5.74, 6) is -0.209. The monoisotopic (exact) mass is 308 g/mol. The van der Waals surface area contributed by atoms with Crippen LogP contribution >= 0.6 is 23.2 Å². The lowest BCUT2D eigenvalue weighted by atomic mass is 10.2. The van der Waals surface area contributed by atoms with Crippen LogP contribution in [-0.2, 0) is 0 Å². The molecule has 2 rings (SSSR count). The van der Waals surface area contributed by atoms with Crippen LogP contribution in [0.4, 0.5) is 11.4 Å². The highest BCUT2D eigenvalue weighted by atomic mass is 35.5. The number of amides is 1. The summed E-state index contributed by atoms with van der Waals surface area (Å²) in [5.41, 5.74) is 2.14. The second kappa shape index (κ2) is 6.16. The van der Waals surface area contributed by atoms with E-state index in [1.165, 1.54) is 0 Å². The van der Waals surface area contributed by atoms with Gasteiger partial charge in [-0.25, -0.2) is 0 Å². The van der Waals surface area contributed by atoms with Crippen molar-refractivity contribution in [3.8, 4) is 0 Å². The molecule has 0 saturated heterocycles. The minimum Gasteiger partial charge on any atom is -0.378 e. The van der Waals surface area contributed by atoms with Gasteiger partial charge in [-0.05, 0) is 42.5 Å². The minimum atomic E-state index is -0.209. The van der Waals surface area contributed by atoms with Gasteiger partial charge >= 0.3 is 0 Å². The third-order valence-electron chi connectivity index (χ3n) is 2.83. The van der Waals surface area contributed by atoms with E-state index in [4.69, 9.17) is 23.2 Å². The number of rotatable bonds is 3. The number of hydrogen-bond acceptors (Lipinski definition) is 2. The molecule has 5 heteroatoms. The van der Waals surface area contributed by atoms with Crippen molar-refractivity contribution in [3.63, 3.8) is 0 Å². The summed E-state index contributed by atoms with van der Waals surface area (Å²) < 4.78 is 0. The average molecular weight is 309 g/mol. The summed E-state index contributed by atoms with van der Waals surface area (Å²) in [6, 6.07) is 12.3. The van der Waals surface area contributed by atoms with Crippen LogP contribution in [0, 0.1) is 0 Å². The molecule has 1 N–H and O–H groups in total. The van der Waals surface area contributed by atoms with Gasteiger partial charge in [-0.1, -0.05) is 23.2 Å². The molecular formula is C15H14Cl2N2O. The number of halogens is 2. The first kappa shape index (κ1) is 14.7. The van der Waals surface area contributed by atoms with Crippen molar-refractivity contribution in [1.29, 1.82) is 0 Å². The fraction of sp³-hybridized carbons (Fsp3) is 0.133. The molecule has 0 heterocycles. The number of nitrogens with zero attached hydrogens (tertiary/aromatic N) is 1. The van der Waals surface area contributed by atoms with Gasteiger partial charge in [0.05, 0.1) is 10.7 Å². The Morgan fingerprint density at radius 2 is 1.70 bits per heavy atom. The third-order valence-corrected chi connectivity index (χ3v) is 3.37. The van der Waals surface area contributed by atoms with Crippen molar-refractivity contribution in [3.05, 3.63) is 58.1 Å². The zero-order valence-corrected chi connectivity index (χ0v) is 12.7. The molecule has 3 nitrogen and oxygen atoms in total. The minimum absolute atomic E-state index is 0.209. The van der Waals surface area contributed by atoms with Crippen LogP contribution in [0.1, 0.15) is 10.4 Å². The normalized spacial score (nSPS) is 10.2. The molecule has 0 aromatic heterocycles. The van der Waals surface area contributed by atoms with Gasteiger partial charge < -0.3 is 10.2 Å². The van der Waals surface area contributed by atoms with E-state index >= 15 is 0 Å². The van der Waals surface area contributed by atoms with Crippen molar-refractivity contribution < 1.29 is 4.79 Å². The maximum absolute atomic E-state index is 12.1. The Labute approximate surface area is 128 Å². The zero-order valence-electron chi connectivity index (χ0n) is 11.2. The molecule has 2 aromatic carbocycles. The molecule has 1 amide bonds. The van der Waals surface area contributed by atoms with Crippen LogP contribution in [-0.4, -0.2) is 20.0 Å². The second-order valence-corrected chi connectivity index (χ2v) is 5.36. The van der Waals surface area contributed by atoms with Gasteiger partial charge in [-0.2, -0.15) is 0 Å². The molecule has 0 unspecified atom stereocenters. The SMILES string of the molecule is CN(C)c1ccc(C(=O)Nc2ccc(Cl)cc2Cl)cc1. The average Bonchev–Trinajstić information content (AvgIpc) is 2.42. The van der Waals surface area contributed by atoms with E-state index in [9.17, 15) is 4.79 Å². The Balaban J connectivity index is 2.15. The first-order valence-corrected chi connectivity index (χ1v) is 6.77. The van der Waals surface area contributed by atoms with Gasteiger partial charge in [0, 0.05) is 30.4 Å². The van der Waals surface area contributed by atoms with E-state index in [0.717, 1.165) is 5.69 Å². The predicted octanol–water partition coefficient (Wildman–Crippen LogP) is 4.31. The number of carbonyl (C=O) groups excluding carboxylic acids is 1. The summed E-state index contributed by atoms with van der Waals surface area (Å²) in [6.45, 7) is 0. The van der Waals surface area contributed by atoms with Crippen LogP contribution < -0.4 is 10.2 Å².